The van der Waals surface area contributed by atoms with E-state index in [0.29, 0.717) is 17.9 Å². The first kappa shape index (κ1) is 16.5. The van der Waals surface area contributed by atoms with Gasteiger partial charge in [-0.1, -0.05) is 35.9 Å². The van der Waals surface area contributed by atoms with Crippen molar-refractivity contribution in [3.05, 3.63) is 71.4 Å². The maximum Gasteiger partial charge on any atom is 0.340 e. The molecular weight excluding hydrogens is 318 g/mol. The van der Waals surface area contributed by atoms with Gasteiger partial charge in [-0.05, 0) is 38.1 Å². The van der Waals surface area contributed by atoms with Gasteiger partial charge < -0.3 is 4.74 Å². The van der Waals surface area contributed by atoms with Crippen molar-refractivity contribution in [3.8, 4) is 0 Å². The molecule has 0 N–H and O–H groups in total. The molecule has 0 saturated heterocycles. The predicted molar refractivity (Wildman–Crippen MR) is 98.4 cm³/mol. The average molecular weight is 337 g/mol. The summed E-state index contributed by atoms with van der Waals surface area (Å²) in [7, 11) is 0. The highest BCUT2D eigenvalue weighted by Crippen LogP contribution is 2.26. The van der Waals surface area contributed by atoms with Gasteiger partial charge in [-0.15, -0.1) is 11.8 Å². The largest absolute Gasteiger partial charge is 0.462 e. The third-order valence-electron chi connectivity index (χ3n) is 3.69. The van der Waals surface area contributed by atoms with Gasteiger partial charge in [0.15, 0.2) is 0 Å². The van der Waals surface area contributed by atoms with Crippen molar-refractivity contribution in [2.45, 2.75) is 24.5 Å². The van der Waals surface area contributed by atoms with Crippen LogP contribution in [0.1, 0.15) is 28.5 Å². The van der Waals surface area contributed by atoms with Crippen LogP contribution < -0.4 is 0 Å². The number of fused-ring (bicyclic) bond motifs is 1. The quantitative estimate of drug-likeness (QED) is 0.484. The van der Waals surface area contributed by atoms with Gasteiger partial charge in [0, 0.05) is 16.0 Å². The summed E-state index contributed by atoms with van der Waals surface area (Å²) in [5, 5.41) is 0.949. The van der Waals surface area contributed by atoms with Crippen molar-refractivity contribution >= 4 is 28.6 Å². The number of hydrogen-bond donors (Lipinski definition) is 0. The minimum atomic E-state index is -0.310. The van der Waals surface area contributed by atoms with Crippen LogP contribution in [0.4, 0.5) is 0 Å². The molecule has 0 atom stereocenters. The summed E-state index contributed by atoms with van der Waals surface area (Å²) in [6.07, 6.45) is 0. The highest BCUT2D eigenvalue weighted by atomic mass is 32.2. The van der Waals surface area contributed by atoms with Crippen molar-refractivity contribution < 1.29 is 9.53 Å². The Kier molecular flexibility index (Phi) is 5.16. The number of aromatic nitrogens is 1. The van der Waals surface area contributed by atoms with Crippen LogP contribution in [0.2, 0.25) is 0 Å². The number of ether oxygens (including phenoxy) is 1. The monoisotopic (exact) mass is 337 g/mol. The number of rotatable bonds is 5. The molecule has 0 amide bonds. The van der Waals surface area contributed by atoms with E-state index in [1.165, 1.54) is 5.56 Å². The smallest absolute Gasteiger partial charge is 0.340 e. The van der Waals surface area contributed by atoms with Crippen LogP contribution in [0.15, 0.2) is 59.5 Å². The van der Waals surface area contributed by atoms with E-state index in [1.807, 2.05) is 37.3 Å². The number of esters is 1. The summed E-state index contributed by atoms with van der Waals surface area (Å²) >= 11 is 1.67. The Morgan fingerprint density at radius 1 is 1.12 bits per heavy atom. The highest BCUT2D eigenvalue weighted by molar-refractivity contribution is 7.98. The molecule has 0 spiro atoms. The molecule has 0 bridgehead atoms. The van der Waals surface area contributed by atoms with Gasteiger partial charge in [-0.25, -0.2) is 4.79 Å². The molecular formula is C20H19NO2S. The molecule has 0 aliphatic heterocycles. The highest BCUT2D eigenvalue weighted by Gasteiger charge is 2.15. The van der Waals surface area contributed by atoms with E-state index in [9.17, 15) is 4.79 Å². The van der Waals surface area contributed by atoms with Gasteiger partial charge in [0.2, 0.25) is 0 Å². The van der Waals surface area contributed by atoms with Crippen LogP contribution in [0.25, 0.3) is 10.9 Å². The van der Waals surface area contributed by atoms with Gasteiger partial charge in [0.05, 0.1) is 23.4 Å². The molecule has 2 aromatic carbocycles. The molecule has 0 aliphatic rings. The van der Waals surface area contributed by atoms with Crippen LogP contribution >= 0.6 is 11.8 Å². The fraction of sp³-hybridized carbons (Fsp3) is 0.200. The third-order valence-corrected chi connectivity index (χ3v) is 4.72. The van der Waals surface area contributed by atoms with Gasteiger partial charge in [0.25, 0.3) is 0 Å². The normalized spacial score (nSPS) is 10.8. The fourth-order valence-electron chi connectivity index (χ4n) is 2.44. The summed E-state index contributed by atoms with van der Waals surface area (Å²) < 4.78 is 5.20. The molecule has 0 fully saturated rings. The maximum absolute atomic E-state index is 12.3. The van der Waals surface area contributed by atoms with Gasteiger partial charge in [-0.2, -0.15) is 0 Å². The summed E-state index contributed by atoms with van der Waals surface area (Å²) in [4.78, 5) is 18.1. The van der Waals surface area contributed by atoms with Crippen molar-refractivity contribution in [3.63, 3.8) is 0 Å². The second-order valence-corrected chi connectivity index (χ2v) is 6.55. The van der Waals surface area contributed by atoms with Crippen molar-refractivity contribution in [1.82, 2.24) is 4.98 Å². The Balaban J connectivity index is 1.92. The van der Waals surface area contributed by atoms with E-state index >= 15 is 0 Å². The van der Waals surface area contributed by atoms with Gasteiger partial charge in [-0.3, -0.25) is 4.98 Å². The van der Waals surface area contributed by atoms with Crippen molar-refractivity contribution in [1.29, 1.82) is 0 Å². The molecule has 122 valence electrons. The fourth-order valence-corrected chi connectivity index (χ4v) is 3.29. The second-order valence-electron chi connectivity index (χ2n) is 5.50. The molecule has 24 heavy (non-hydrogen) atoms. The maximum atomic E-state index is 12.3. The summed E-state index contributed by atoms with van der Waals surface area (Å²) in [6.45, 7) is 4.24. The minimum absolute atomic E-state index is 0.310. The van der Waals surface area contributed by atoms with E-state index in [-0.39, 0.29) is 5.97 Å². The summed E-state index contributed by atoms with van der Waals surface area (Å²) in [5.41, 5.74) is 3.44. The molecule has 0 unspecified atom stereocenters. The number of nitrogens with zero attached hydrogens (tertiary/aromatic N) is 1. The lowest BCUT2D eigenvalue weighted by atomic mass is 10.1. The number of aryl methyl sites for hydroxylation is 1. The molecule has 3 nitrogen and oxygen atoms in total. The van der Waals surface area contributed by atoms with Crippen LogP contribution in [0, 0.1) is 6.92 Å². The SMILES string of the molecule is CCOC(=O)c1cc2ccccc2nc1CSc1ccc(C)cc1. The molecule has 1 heterocycles. The lowest BCUT2D eigenvalue weighted by molar-refractivity contribution is 0.0525. The third kappa shape index (κ3) is 3.77. The van der Waals surface area contributed by atoms with E-state index in [0.717, 1.165) is 21.5 Å². The number of carbonyl (C=O) groups is 1. The zero-order valence-electron chi connectivity index (χ0n) is 13.8. The van der Waals surface area contributed by atoms with Crippen molar-refractivity contribution in [2.24, 2.45) is 0 Å². The van der Waals surface area contributed by atoms with E-state index in [2.05, 4.69) is 36.2 Å². The Hall–Kier alpha value is -2.33. The number of para-hydroxylation sites is 1. The molecule has 3 rings (SSSR count). The van der Waals surface area contributed by atoms with Crippen LogP contribution in [-0.2, 0) is 10.5 Å². The van der Waals surface area contributed by atoms with Crippen LogP contribution in [0.3, 0.4) is 0 Å². The van der Waals surface area contributed by atoms with E-state index in [1.54, 1.807) is 11.8 Å². The van der Waals surface area contributed by atoms with E-state index in [4.69, 9.17) is 4.74 Å². The van der Waals surface area contributed by atoms with Crippen LogP contribution in [0.5, 0.6) is 0 Å². The number of benzene rings is 2. The Morgan fingerprint density at radius 3 is 2.62 bits per heavy atom. The zero-order chi connectivity index (χ0) is 16.9. The van der Waals surface area contributed by atoms with Crippen molar-refractivity contribution in [2.75, 3.05) is 6.61 Å². The summed E-state index contributed by atoms with van der Waals surface area (Å²) in [5.74, 6) is 0.317. The first-order chi connectivity index (χ1) is 11.7. The van der Waals surface area contributed by atoms with Gasteiger partial charge >= 0.3 is 5.97 Å². The number of pyridine rings is 1. The summed E-state index contributed by atoms with van der Waals surface area (Å²) in [6, 6.07) is 18.1. The standard InChI is InChI=1S/C20H19NO2S/c1-3-23-20(22)17-12-15-6-4-5-7-18(15)21-19(17)13-24-16-10-8-14(2)9-11-16/h4-12H,3,13H2,1-2H3. The first-order valence-electron chi connectivity index (χ1n) is 7.92. The molecule has 0 aliphatic carbocycles. The average Bonchev–Trinajstić information content (AvgIpc) is 2.60. The van der Waals surface area contributed by atoms with Gasteiger partial charge in [0.1, 0.15) is 0 Å². The minimum Gasteiger partial charge on any atom is -0.462 e. The zero-order valence-corrected chi connectivity index (χ0v) is 14.6. The van der Waals surface area contributed by atoms with Crippen LogP contribution in [-0.4, -0.2) is 17.6 Å². The Labute approximate surface area is 146 Å². The Morgan fingerprint density at radius 2 is 1.88 bits per heavy atom. The number of thioether (sulfide) groups is 1. The molecule has 1 aromatic heterocycles. The number of carbonyl (C=O) groups excluding carboxylic acids is 1. The second kappa shape index (κ2) is 7.49. The lowest BCUT2D eigenvalue weighted by Crippen LogP contribution is -2.09. The predicted octanol–water partition coefficient (Wildman–Crippen LogP) is 5.01. The molecule has 0 radical (unpaired) electrons. The lowest BCUT2D eigenvalue weighted by Gasteiger charge is -2.10. The Bertz CT molecular complexity index is 859. The molecule has 0 saturated carbocycles. The molecule has 3 aromatic rings. The number of hydrogen-bond acceptors (Lipinski definition) is 4. The van der Waals surface area contributed by atoms with E-state index < -0.39 is 0 Å². The molecule has 4 heteroatoms. The first-order valence-corrected chi connectivity index (χ1v) is 8.91. The topological polar surface area (TPSA) is 39.2 Å².